The predicted molar refractivity (Wildman–Crippen MR) is 116 cm³/mol. The summed E-state index contributed by atoms with van der Waals surface area (Å²) in [5, 5.41) is 12.5. The second-order valence-electron chi connectivity index (χ2n) is 6.50. The molecule has 0 saturated heterocycles. The molecule has 150 valence electrons. The molecule has 0 atom stereocenters. The second kappa shape index (κ2) is 9.73. The van der Waals surface area contributed by atoms with Gasteiger partial charge in [0.15, 0.2) is 0 Å². The summed E-state index contributed by atoms with van der Waals surface area (Å²) in [5.74, 6) is -0.325. The number of amides is 1. The van der Waals surface area contributed by atoms with Crippen molar-refractivity contribution < 1.29 is 13.9 Å². The highest BCUT2D eigenvalue weighted by atomic mass is 35.5. The van der Waals surface area contributed by atoms with Gasteiger partial charge in [-0.1, -0.05) is 54.1 Å². The second-order valence-corrected chi connectivity index (χ2v) is 6.91. The quantitative estimate of drug-likeness (QED) is 0.398. The first-order chi connectivity index (χ1) is 14.5. The summed E-state index contributed by atoms with van der Waals surface area (Å²) in [6.07, 6.45) is 1.47. The minimum atomic E-state index is -0.548. The molecule has 0 aromatic heterocycles. The highest BCUT2D eigenvalue weighted by Crippen LogP contribution is 2.26. The van der Waals surface area contributed by atoms with Gasteiger partial charge in [0, 0.05) is 5.56 Å². The molecule has 0 aliphatic heterocycles. The molecule has 0 saturated carbocycles. The zero-order valence-corrected chi connectivity index (χ0v) is 16.9. The molecular weight excluding hydrogens is 403 g/mol. The van der Waals surface area contributed by atoms with E-state index < -0.39 is 5.91 Å². The Morgan fingerprint density at radius 3 is 2.53 bits per heavy atom. The van der Waals surface area contributed by atoms with Crippen molar-refractivity contribution in [2.45, 2.75) is 13.5 Å². The van der Waals surface area contributed by atoms with Crippen molar-refractivity contribution in [3.63, 3.8) is 0 Å². The number of rotatable bonds is 6. The number of nitrogens with one attached hydrogen (secondary N) is 1. The Labute approximate surface area is 179 Å². The first-order valence-corrected chi connectivity index (χ1v) is 9.50. The summed E-state index contributed by atoms with van der Waals surface area (Å²) in [6.45, 7) is 1.92. The van der Waals surface area contributed by atoms with Crippen LogP contribution in [0.1, 0.15) is 16.7 Å². The number of halogens is 2. The van der Waals surface area contributed by atoms with E-state index in [9.17, 15) is 14.4 Å². The molecule has 0 heterocycles. The summed E-state index contributed by atoms with van der Waals surface area (Å²) in [7, 11) is 0. The Morgan fingerprint density at radius 2 is 1.87 bits per heavy atom. The summed E-state index contributed by atoms with van der Waals surface area (Å²) in [6, 6.07) is 20.4. The van der Waals surface area contributed by atoms with Gasteiger partial charge in [0.2, 0.25) is 0 Å². The van der Waals surface area contributed by atoms with Crippen LogP contribution in [-0.2, 0) is 11.4 Å². The van der Waals surface area contributed by atoms with Crippen LogP contribution in [0.25, 0.3) is 6.08 Å². The van der Waals surface area contributed by atoms with Crippen LogP contribution < -0.4 is 10.1 Å². The zero-order chi connectivity index (χ0) is 21.5. The molecule has 6 heteroatoms. The third-order valence-electron chi connectivity index (χ3n) is 4.37. The Balaban J connectivity index is 1.69. The van der Waals surface area contributed by atoms with E-state index in [-0.39, 0.29) is 18.0 Å². The van der Waals surface area contributed by atoms with Crippen LogP contribution in [-0.4, -0.2) is 5.91 Å². The molecular formula is C24H18ClFN2O2. The van der Waals surface area contributed by atoms with Crippen LogP contribution >= 0.6 is 11.6 Å². The largest absolute Gasteiger partial charge is 0.489 e. The van der Waals surface area contributed by atoms with Gasteiger partial charge in [0.05, 0.1) is 10.7 Å². The molecule has 30 heavy (non-hydrogen) atoms. The number of hydrogen-bond acceptors (Lipinski definition) is 3. The van der Waals surface area contributed by atoms with Crippen LogP contribution in [0.15, 0.2) is 72.3 Å². The van der Waals surface area contributed by atoms with Gasteiger partial charge < -0.3 is 10.1 Å². The smallest absolute Gasteiger partial charge is 0.266 e. The van der Waals surface area contributed by atoms with Gasteiger partial charge in [-0.15, -0.1) is 0 Å². The van der Waals surface area contributed by atoms with Gasteiger partial charge in [0.25, 0.3) is 5.91 Å². The minimum Gasteiger partial charge on any atom is -0.489 e. The molecule has 0 radical (unpaired) electrons. The Morgan fingerprint density at radius 1 is 1.13 bits per heavy atom. The first-order valence-electron chi connectivity index (χ1n) is 9.12. The highest BCUT2D eigenvalue weighted by Gasteiger charge is 2.13. The minimum absolute atomic E-state index is 0.0608. The van der Waals surface area contributed by atoms with E-state index in [0.29, 0.717) is 27.6 Å². The monoisotopic (exact) mass is 420 g/mol. The fourth-order valence-electron chi connectivity index (χ4n) is 2.72. The SMILES string of the molecule is Cc1cccc(Cl)c1NC(=O)/C(C#N)=C/c1ccc(OCc2ccccc2F)cc1. The number of nitrogens with zero attached hydrogens (tertiary/aromatic N) is 1. The molecule has 1 N–H and O–H groups in total. The van der Waals surface area contributed by atoms with Crippen LogP contribution in [0.3, 0.4) is 0 Å². The number of para-hydroxylation sites is 1. The van der Waals surface area contributed by atoms with Crippen molar-refractivity contribution in [1.82, 2.24) is 0 Å². The average molecular weight is 421 g/mol. The van der Waals surface area contributed by atoms with Crippen LogP contribution in [0.5, 0.6) is 5.75 Å². The lowest BCUT2D eigenvalue weighted by molar-refractivity contribution is -0.112. The maximum Gasteiger partial charge on any atom is 0.266 e. The van der Waals surface area contributed by atoms with E-state index in [4.69, 9.17) is 16.3 Å². The third kappa shape index (κ3) is 5.25. The molecule has 3 aromatic carbocycles. The molecule has 0 aliphatic carbocycles. The number of benzene rings is 3. The summed E-state index contributed by atoms with van der Waals surface area (Å²) in [5.41, 5.74) is 2.32. The number of carbonyl (C=O) groups excluding carboxylic acids is 1. The van der Waals surface area contributed by atoms with Gasteiger partial charge >= 0.3 is 0 Å². The fourth-order valence-corrected chi connectivity index (χ4v) is 2.99. The summed E-state index contributed by atoms with van der Waals surface area (Å²) in [4.78, 5) is 12.5. The lowest BCUT2D eigenvalue weighted by atomic mass is 10.1. The van der Waals surface area contributed by atoms with E-state index in [1.54, 1.807) is 54.6 Å². The van der Waals surface area contributed by atoms with Gasteiger partial charge in [-0.05, 0) is 48.4 Å². The first kappa shape index (κ1) is 21.1. The molecule has 0 unspecified atom stereocenters. The van der Waals surface area contributed by atoms with Gasteiger partial charge in [-0.2, -0.15) is 5.26 Å². The fraction of sp³-hybridized carbons (Fsp3) is 0.0833. The molecule has 3 aromatic rings. The standard InChI is InChI=1S/C24H18ClFN2O2/c1-16-5-4-7-21(25)23(16)28-24(29)19(14-27)13-17-9-11-20(12-10-17)30-15-18-6-2-3-8-22(18)26/h2-13H,15H2,1H3,(H,28,29)/b19-13+. The summed E-state index contributed by atoms with van der Waals surface area (Å²) < 4.78 is 19.2. The van der Waals surface area contributed by atoms with E-state index in [2.05, 4.69) is 5.32 Å². The van der Waals surface area contributed by atoms with Crippen molar-refractivity contribution in [2.75, 3.05) is 5.32 Å². The van der Waals surface area contributed by atoms with Crippen molar-refractivity contribution >= 4 is 29.3 Å². The van der Waals surface area contributed by atoms with E-state index in [1.165, 1.54) is 12.1 Å². The van der Waals surface area contributed by atoms with Gasteiger partial charge in [0.1, 0.15) is 29.8 Å². The predicted octanol–water partition coefficient (Wildman–Crippen LogP) is 5.91. The number of ether oxygens (including phenoxy) is 1. The molecule has 0 aliphatic rings. The zero-order valence-electron chi connectivity index (χ0n) is 16.2. The lowest BCUT2D eigenvalue weighted by Crippen LogP contribution is -2.14. The summed E-state index contributed by atoms with van der Waals surface area (Å²) >= 11 is 6.13. The maximum absolute atomic E-state index is 13.7. The lowest BCUT2D eigenvalue weighted by Gasteiger charge is -2.10. The number of carbonyl (C=O) groups is 1. The number of anilines is 1. The maximum atomic E-state index is 13.7. The molecule has 0 fully saturated rings. The molecule has 0 bridgehead atoms. The van der Waals surface area contributed by atoms with Crippen LogP contribution in [0.2, 0.25) is 5.02 Å². The van der Waals surface area contributed by atoms with Crippen molar-refractivity contribution in [3.8, 4) is 11.8 Å². The third-order valence-corrected chi connectivity index (χ3v) is 4.68. The van der Waals surface area contributed by atoms with E-state index in [1.807, 2.05) is 19.1 Å². The average Bonchev–Trinajstić information content (AvgIpc) is 2.75. The molecule has 0 spiro atoms. The Bertz CT molecular complexity index is 1110. The van der Waals surface area contributed by atoms with Crippen molar-refractivity contribution in [3.05, 3.63) is 99.8 Å². The van der Waals surface area contributed by atoms with E-state index >= 15 is 0 Å². The van der Waals surface area contributed by atoms with Crippen LogP contribution in [0.4, 0.5) is 10.1 Å². The Hall–Kier alpha value is -3.62. The highest BCUT2D eigenvalue weighted by molar-refractivity contribution is 6.34. The molecule has 4 nitrogen and oxygen atoms in total. The van der Waals surface area contributed by atoms with Gasteiger partial charge in [-0.25, -0.2) is 4.39 Å². The molecule has 1 amide bonds. The normalized spacial score (nSPS) is 10.9. The Kier molecular flexibility index (Phi) is 6.84. The van der Waals surface area contributed by atoms with Crippen LogP contribution in [0, 0.1) is 24.1 Å². The van der Waals surface area contributed by atoms with E-state index in [0.717, 1.165) is 5.56 Å². The number of nitriles is 1. The molecule has 3 rings (SSSR count). The number of hydrogen-bond donors (Lipinski definition) is 1. The number of aryl methyl sites for hydroxylation is 1. The van der Waals surface area contributed by atoms with Gasteiger partial charge in [-0.3, -0.25) is 4.79 Å². The van der Waals surface area contributed by atoms with Crippen molar-refractivity contribution in [1.29, 1.82) is 5.26 Å². The van der Waals surface area contributed by atoms with Crippen molar-refractivity contribution in [2.24, 2.45) is 0 Å². The topological polar surface area (TPSA) is 62.1 Å².